The molecule has 0 radical (unpaired) electrons. The highest BCUT2D eigenvalue weighted by molar-refractivity contribution is 7.99. The van der Waals surface area contributed by atoms with Crippen molar-refractivity contribution < 1.29 is 9.21 Å². The maximum Gasteiger partial charge on any atom is 0.277 e. The molecule has 0 bridgehead atoms. The third-order valence-electron chi connectivity index (χ3n) is 4.99. The van der Waals surface area contributed by atoms with E-state index in [1.54, 1.807) is 0 Å². The van der Waals surface area contributed by atoms with Crippen LogP contribution in [0.2, 0.25) is 0 Å². The minimum absolute atomic E-state index is 0.0788. The van der Waals surface area contributed by atoms with Crippen molar-refractivity contribution in [1.29, 1.82) is 0 Å². The van der Waals surface area contributed by atoms with Gasteiger partial charge in [0.25, 0.3) is 5.22 Å². The van der Waals surface area contributed by atoms with Crippen molar-refractivity contribution in [3.63, 3.8) is 0 Å². The Morgan fingerprint density at radius 1 is 1.00 bits per heavy atom. The van der Waals surface area contributed by atoms with E-state index in [1.807, 2.05) is 18.2 Å². The van der Waals surface area contributed by atoms with Crippen molar-refractivity contribution >= 4 is 23.4 Å². The van der Waals surface area contributed by atoms with Crippen LogP contribution in [0.1, 0.15) is 51.3 Å². The molecular weight excluding hydrogens is 394 g/mol. The molecule has 5 nitrogen and oxygen atoms in total. The van der Waals surface area contributed by atoms with Crippen LogP contribution in [-0.2, 0) is 23.1 Å². The molecule has 0 saturated carbocycles. The average Bonchev–Trinajstić information content (AvgIpc) is 3.21. The van der Waals surface area contributed by atoms with Gasteiger partial charge in [0.1, 0.15) is 0 Å². The number of nitrogens with one attached hydrogen (secondary N) is 1. The van der Waals surface area contributed by atoms with E-state index in [4.69, 9.17) is 4.42 Å². The number of aromatic nitrogens is 2. The van der Waals surface area contributed by atoms with Crippen LogP contribution in [-0.4, -0.2) is 21.9 Å². The third-order valence-corrected chi connectivity index (χ3v) is 5.81. The number of aryl methyl sites for hydroxylation is 2. The van der Waals surface area contributed by atoms with Gasteiger partial charge < -0.3 is 9.73 Å². The molecule has 0 unspecified atom stereocenters. The summed E-state index contributed by atoms with van der Waals surface area (Å²) in [6, 6.07) is 14.3. The zero-order chi connectivity index (χ0) is 21.7. The van der Waals surface area contributed by atoms with E-state index in [9.17, 15) is 4.79 Å². The number of carbonyl (C=O) groups excluding carboxylic acids is 1. The van der Waals surface area contributed by atoms with Crippen LogP contribution < -0.4 is 5.32 Å². The van der Waals surface area contributed by atoms with Crippen molar-refractivity contribution in [3.05, 3.63) is 59.2 Å². The Morgan fingerprint density at radius 2 is 1.63 bits per heavy atom. The van der Waals surface area contributed by atoms with Gasteiger partial charge in [0.2, 0.25) is 11.8 Å². The third kappa shape index (κ3) is 5.30. The zero-order valence-electron chi connectivity index (χ0n) is 18.3. The number of anilines is 1. The van der Waals surface area contributed by atoms with Gasteiger partial charge in [0.05, 0.1) is 5.75 Å². The van der Waals surface area contributed by atoms with Gasteiger partial charge in [-0.25, -0.2) is 0 Å². The number of carbonyl (C=O) groups is 1. The molecule has 158 valence electrons. The quantitative estimate of drug-likeness (QED) is 0.480. The van der Waals surface area contributed by atoms with Crippen LogP contribution >= 0.6 is 11.8 Å². The van der Waals surface area contributed by atoms with Gasteiger partial charge in [-0.15, -0.1) is 10.2 Å². The second-order valence-corrected chi connectivity index (χ2v) is 9.12. The molecule has 1 N–H and O–H groups in total. The highest BCUT2D eigenvalue weighted by Crippen LogP contribution is 2.28. The van der Waals surface area contributed by atoms with E-state index in [-0.39, 0.29) is 17.1 Å². The SMILES string of the molecule is CCc1cccc(CC)c1NC(=O)CSc1nnc(-c2ccc(C(C)(C)C)cc2)o1. The van der Waals surface area contributed by atoms with Gasteiger partial charge >= 0.3 is 0 Å². The molecule has 1 amide bonds. The Morgan fingerprint density at radius 3 is 2.20 bits per heavy atom. The molecule has 6 heteroatoms. The summed E-state index contributed by atoms with van der Waals surface area (Å²) >= 11 is 1.25. The van der Waals surface area contributed by atoms with Crippen LogP contribution in [0.4, 0.5) is 5.69 Å². The fraction of sp³-hybridized carbons (Fsp3) is 0.375. The predicted octanol–water partition coefficient (Wildman–Crippen LogP) is 5.89. The largest absolute Gasteiger partial charge is 0.411 e. The Kier molecular flexibility index (Phi) is 6.98. The summed E-state index contributed by atoms with van der Waals surface area (Å²) in [7, 11) is 0. The Labute approximate surface area is 182 Å². The van der Waals surface area contributed by atoms with Gasteiger partial charge in [-0.05, 0) is 47.1 Å². The van der Waals surface area contributed by atoms with E-state index in [0.717, 1.165) is 35.2 Å². The Hall–Kier alpha value is -2.60. The monoisotopic (exact) mass is 423 g/mol. The fourth-order valence-corrected chi connectivity index (χ4v) is 3.77. The van der Waals surface area contributed by atoms with Crippen LogP contribution in [0.5, 0.6) is 0 Å². The van der Waals surface area contributed by atoms with Crippen LogP contribution in [0.15, 0.2) is 52.1 Å². The average molecular weight is 424 g/mol. The number of hydrogen-bond acceptors (Lipinski definition) is 5. The smallest absolute Gasteiger partial charge is 0.277 e. The first kappa shape index (κ1) is 22.1. The number of hydrogen-bond donors (Lipinski definition) is 1. The van der Waals surface area contributed by atoms with Crippen molar-refractivity contribution in [3.8, 4) is 11.5 Å². The molecule has 3 rings (SSSR count). The molecule has 1 heterocycles. The van der Waals surface area contributed by atoms with E-state index in [2.05, 4.69) is 74.4 Å². The van der Waals surface area contributed by atoms with Crippen LogP contribution in [0.25, 0.3) is 11.5 Å². The van der Waals surface area contributed by atoms with E-state index < -0.39 is 0 Å². The van der Waals surface area contributed by atoms with E-state index >= 15 is 0 Å². The zero-order valence-corrected chi connectivity index (χ0v) is 19.1. The summed E-state index contributed by atoms with van der Waals surface area (Å²) in [5.41, 5.74) is 5.43. The highest BCUT2D eigenvalue weighted by Gasteiger charge is 2.16. The lowest BCUT2D eigenvalue weighted by molar-refractivity contribution is -0.113. The van der Waals surface area contributed by atoms with Gasteiger partial charge in [-0.1, -0.05) is 76.7 Å². The van der Waals surface area contributed by atoms with E-state index in [1.165, 1.54) is 17.3 Å². The number of nitrogens with zero attached hydrogens (tertiary/aromatic N) is 2. The first-order chi connectivity index (χ1) is 14.3. The van der Waals surface area contributed by atoms with Crippen molar-refractivity contribution in [2.75, 3.05) is 11.1 Å². The fourth-order valence-electron chi connectivity index (χ4n) is 3.20. The van der Waals surface area contributed by atoms with Crippen LogP contribution in [0, 0.1) is 0 Å². The molecule has 0 saturated heterocycles. The minimum atomic E-state index is -0.0788. The summed E-state index contributed by atoms with van der Waals surface area (Å²) in [5, 5.41) is 11.7. The number of amides is 1. The normalized spacial score (nSPS) is 11.5. The maximum atomic E-state index is 12.5. The molecule has 30 heavy (non-hydrogen) atoms. The Bertz CT molecular complexity index is 982. The standard InChI is InChI=1S/C24H29N3O2S/c1-6-16-9-8-10-17(7-2)21(16)25-20(28)15-30-23-27-26-22(29-23)18-11-13-19(14-12-18)24(3,4)5/h8-14H,6-7,15H2,1-5H3,(H,25,28). The molecule has 3 aromatic rings. The maximum absolute atomic E-state index is 12.5. The molecule has 0 fully saturated rings. The van der Waals surface area contributed by atoms with Crippen molar-refractivity contribution in [1.82, 2.24) is 10.2 Å². The highest BCUT2D eigenvalue weighted by atomic mass is 32.2. The van der Waals surface area contributed by atoms with Gasteiger partial charge in [0, 0.05) is 11.3 Å². The van der Waals surface area contributed by atoms with E-state index in [0.29, 0.717) is 11.1 Å². The van der Waals surface area contributed by atoms with Gasteiger partial charge in [-0.2, -0.15) is 0 Å². The summed E-state index contributed by atoms with van der Waals surface area (Å²) in [6.45, 7) is 10.7. The minimum Gasteiger partial charge on any atom is -0.411 e. The molecule has 0 aliphatic rings. The molecular formula is C24H29N3O2S. The summed E-state index contributed by atoms with van der Waals surface area (Å²) in [4.78, 5) is 12.5. The molecule has 0 spiro atoms. The number of rotatable bonds is 7. The summed E-state index contributed by atoms with van der Waals surface area (Å²) in [6.07, 6.45) is 1.75. The van der Waals surface area contributed by atoms with Crippen molar-refractivity contribution in [2.45, 2.75) is 58.1 Å². The second-order valence-electron chi connectivity index (χ2n) is 8.20. The number of para-hydroxylation sites is 1. The van der Waals surface area contributed by atoms with Gasteiger partial charge in [0.15, 0.2) is 0 Å². The molecule has 0 atom stereocenters. The predicted molar refractivity (Wildman–Crippen MR) is 123 cm³/mol. The summed E-state index contributed by atoms with van der Waals surface area (Å²) in [5.74, 6) is 0.596. The topological polar surface area (TPSA) is 68.0 Å². The first-order valence-electron chi connectivity index (χ1n) is 10.3. The second kappa shape index (κ2) is 9.47. The lowest BCUT2D eigenvalue weighted by Crippen LogP contribution is -2.16. The number of benzene rings is 2. The summed E-state index contributed by atoms with van der Waals surface area (Å²) < 4.78 is 5.75. The first-order valence-corrected chi connectivity index (χ1v) is 11.3. The molecule has 1 aromatic heterocycles. The Balaban J connectivity index is 1.63. The molecule has 0 aliphatic heterocycles. The lowest BCUT2D eigenvalue weighted by atomic mass is 9.87. The molecule has 0 aliphatic carbocycles. The number of thioether (sulfide) groups is 1. The molecule has 2 aromatic carbocycles. The van der Waals surface area contributed by atoms with Gasteiger partial charge in [-0.3, -0.25) is 4.79 Å². The van der Waals surface area contributed by atoms with Crippen molar-refractivity contribution in [2.24, 2.45) is 0 Å². The lowest BCUT2D eigenvalue weighted by Gasteiger charge is -2.18. The van der Waals surface area contributed by atoms with Crippen LogP contribution in [0.3, 0.4) is 0 Å².